The van der Waals surface area contributed by atoms with Crippen molar-refractivity contribution in [2.45, 2.75) is 6.92 Å². The van der Waals surface area contributed by atoms with Crippen LogP contribution in [0.1, 0.15) is 17.3 Å². The molecule has 0 aliphatic heterocycles. The van der Waals surface area contributed by atoms with Crippen molar-refractivity contribution in [2.75, 3.05) is 31.5 Å². The Labute approximate surface area is 116 Å². The van der Waals surface area contributed by atoms with Crippen LogP contribution in [0.3, 0.4) is 0 Å². The highest BCUT2D eigenvalue weighted by atomic mass is 35.5. The maximum atomic E-state index is 11.5. The van der Waals surface area contributed by atoms with Gasteiger partial charge in [-0.1, -0.05) is 0 Å². The van der Waals surface area contributed by atoms with Gasteiger partial charge in [0.1, 0.15) is 12.4 Å². The Hall–Kier alpha value is -1.59. The van der Waals surface area contributed by atoms with Gasteiger partial charge in [0.05, 0.1) is 18.2 Å². The minimum Gasteiger partial charge on any atom is -0.492 e. The zero-order chi connectivity index (χ0) is 14.3. The van der Waals surface area contributed by atoms with E-state index in [2.05, 4.69) is 5.32 Å². The molecular formula is C13H16ClNO4. The van der Waals surface area contributed by atoms with Gasteiger partial charge >= 0.3 is 0 Å². The zero-order valence-electron chi connectivity index (χ0n) is 10.9. The highest BCUT2D eigenvalue weighted by Gasteiger charge is 2.12. The van der Waals surface area contributed by atoms with Crippen molar-refractivity contribution < 1.29 is 19.1 Å². The van der Waals surface area contributed by atoms with E-state index in [-0.39, 0.29) is 24.2 Å². The second-order valence-corrected chi connectivity index (χ2v) is 3.95. The molecule has 0 fully saturated rings. The monoisotopic (exact) mass is 285 g/mol. The van der Waals surface area contributed by atoms with E-state index in [1.807, 2.05) is 6.92 Å². The van der Waals surface area contributed by atoms with Gasteiger partial charge in [-0.15, -0.1) is 11.6 Å². The predicted molar refractivity (Wildman–Crippen MR) is 73.2 cm³/mol. The number of benzene rings is 1. The van der Waals surface area contributed by atoms with Crippen molar-refractivity contribution in [1.82, 2.24) is 0 Å². The second kappa shape index (κ2) is 7.76. The first-order valence-corrected chi connectivity index (χ1v) is 6.30. The highest BCUT2D eigenvalue weighted by molar-refractivity contribution is 6.30. The number of nitrogens with one attached hydrogen (secondary N) is 1. The topological polar surface area (TPSA) is 64.6 Å². The van der Waals surface area contributed by atoms with Crippen molar-refractivity contribution in [3.8, 4) is 5.75 Å². The average Bonchev–Trinajstić information content (AvgIpc) is 2.40. The van der Waals surface area contributed by atoms with E-state index < -0.39 is 0 Å². The van der Waals surface area contributed by atoms with Gasteiger partial charge in [0, 0.05) is 12.7 Å². The van der Waals surface area contributed by atoms with Gasteiger partial charge in [0.15, 0.2) is 5.78 Å². The third-order valence-corrected chi connectivity index (χ3v) is 2.52. The quantitative estimate of drug-likeness (QED) is 0.615. The number of ether oxygens (including phenoxy) is 2. The fraction of sp³-hybridized carbons (Fsp3) is 0.385. The van der Waals surface area contributed by atoms with E-state index in [9.17, 15) is 9.59 Å². The molecule has 1 N–H and O–H groups in total. The van der Waals surface area contributed by atoms with Crippen LogP contribution in [-0.4, -0.2) is 37.9 Å². The van der Waals surface area contributed by atoms with Crippen molar-refractivity contribution in [3.63, 3.8) is 0 Å². The molecule has 0 aliphatic carbocycles. The predicted octanol–water partition coefficient (Wildman–Crippen LogP) is 2.09. The Morgan fingerprint density at radius 1 is 1.37 bits per heavy atom. The van der Waals surface area contributed by atoms with Gasteiger partial charge in [-0.25, -0.2) is 0 Å². The molecule has 0 atom stereocenters. The molecule has 0 bridgehead atoms. The van der Waals surface area contributed by atoms with Crippen LogP contribution in [0.2, 0.25) is 0 Å². The summed E-state index contributed by atoms with van der Waals surface area (Å²) in [7, 11) is 1.44. The van der Waals surface area contributed by atoms with Crippen LogP contribution in [0.4, 0.5) is 5.69 Å². The molecule has 1 amide bonds. The molecule has 0 saturated heterocycles. The smallest absolute Gasteiger partial charge is 0.250 e. The summed E-state index contributed by atoms with van der Waals surface area (Å²) in [6, 6.07) is 4.77. The number of methoxy groups -OCH3 is 1. The number of halogens is 1. The van der Waals surface area contributed by atoms with Gasteiger partial charge in [-0.2, -0.15) is 0 Å². The third kappa shape index (κ3) is 4.54. The number of alkyl halides is 1. The van der Waals surface area contributed by atoms with Gasteiger partial charge in [-0.05, 0) is 25.1 Å². The number of rotatable bonds is 7. The molecule has 0 aliphatic rings. The fourth-order valence-electron chi connectivity index (χ4n) is 1.47. The largest absolute Gasteiger partial charge is 0.492 e. The van der Waals surface area contributed by atoms with Gasteiger partial charge in [0.25, 0.3) is 0 Å². The lowest BCUT2D eigenvalue weighted by molar-refractivity contribution is -0.119. The van der Waals surface area contributed by atoms with Crippen LogP contribution in [-0.2, 0) is 9.53 Å². The molecule has 1 rings (SSSR count). The van der Waals surface area contributed by atoms with Crippen LogP contribution in [0.15, 0.2) is 18.2 Å². The first-order valence-electron chi connectivity index (χ1n) is 5.77. The molecule has 0 spiro atoms. The van der Waals surface area contributed by atoms with Gasteiger partial charge in [-0.3, -0.25) is 9.59 Å². The van der Waals surface area contributed by atoms with Crippen molar-refractivity contribution >= 4 is 29.0 Å². The Kier molecular flexibility index (Phi) is 6.32. The van der Waals surface area contributed by atoms with Crippen LogP contribution < -0.4 is 10.1 Å². The standard InChI is InChI=1S/C13H16ClNO4/c1-3-19-12-6-9(11(16)7-14)4-5-10(12)15-13(17)8-18-2/h4-6H,3,7-8H2,1-2H3,(H,15,17). The SMILES string of the molecule is CCOc1cc(C(=O)CCl)ccc1NC(=O)COC. The second-order valence-electron chi connectivity index (χ2n) is 3.68. The maximum absolute atomic E-state index is 11.5. The fourth-order valence-corrected chi connectivity index (χ4v) is 1.62. The molecule has 19 heavy (non-hydrogen) atoms. The summed E-state index contributed by atoms with van der Waals surface area (Å²) in [6.45, 7) is 2.19. The Bertz CT molecular complexity index is 462. The summed E-state index contributed by atoms with van der Waals surface area (Å²) in [5.74, 6) is -0.152. The third-order valence-electron chi connectivity index (χ3n) is 2.27. The van der Waals surface area contributed by atoms with Crippen molar-refractivity contribution in [1.29, 1.82) is 0 Å². The van der Waals surface area contributed by atoms with E-state index in [4.69, 9.17) is 21.1 Å². The zero-order valence-corrected chi connectivity index (χ0v) is 11.6. The molecule has 0 radical (unpaired) electrons. The number of anilines is 1. The summed E-state index contributed by atoms with van der Waals surface area (Å²) >= 11 is 5.50. The summed E-state index contributed by atoms with van der Waals surface area (Å²) in [4.78, 5) is 23.0. The first-order chi connectivity index (χ1) is 9.12. The van der Waals surface area contributed by atoms with Crippen LogP contribution in [0.25, 0.3) is 0 Å². The van der Waals surface area contributed by atoms with Crippen LogP contribution in [0, 0.1) is 0 Å². The van der Waals surface area contributed by atoms with Crippen LogP contribution in [0.5, 0.6) is 5.75 Å². The van der Waals surface area contributed by atoms with E-state index in [0.29, 0.717) is 23.6 Å². The minimum absolute atomic E-state index is 0.0477. The Balaban J connectivity index is 2.97. The molecule has 0 heterocycles. The Morgan fingerprint density at radius 2 is 2.11 bits per heavy atom. The van der Waals surface area contributed by atoms with E-state index in [1.165, 1.54) is 7.11 Å². The molecule has 6 heteroatoms. The molecule has 0 unspecified atom stereocenters. The first kappa shape index (κ1) is 15.5. The molecular weight excluding hydrogens is 270 g/mol. The number of Topliss-reactive ketones (excluding diaryl/α,β-unsaturated/α-hetero) is 1. The lowest BCUT2D eigenvalue weighted by Crippen LogP contribution is -2.18. The average molecular weight is 286 g/mol. The van der Waals surface area contributed by atoms with E-state index in [1.54, 1.807) is 18.2 Å². The molecule has 1 aromatic rings. The lowest BCUT2D eigenvalue weighted by Gasteiger charge is -2.12. The lowest BCUT2D eigenvalue weighted by atomic mass is 10.1. The number of carbonyl (C=O) groups excluding carboxylic acids is 2. The molecule has 5 nitrogen and oxygen atoms in total. The summed E-state index contributed by atoms with van der Waals surface area (Å²) < 4.78 is 10.1. The number of hydrogen-bond acceptors (Lipinski definition) is 4. The molecule has 1 aromatic carbocycles. The number of amides is 1. The minimum atomic E-state index is -0.292. The summed E-state index contributed by atoms with van der Waals surface area (Å²) in [6.07, 6.45) is 0. The van der Waals surface area contributed by atoms with Gasteiger partial charge in [0.2, 0.25) is 5.91 Å². The van der Waals surface area contributed by atoms with Crippen molar-refractivity contribution in [3.05, 3.63) is 23.8 Å². The van der Waals surface area contributed by atoms with E-state index >= 15 is 0 Å². The van der Waals surface area contributed by atoms with Gasteiger partial charge < -0.3 is 14.8 Å². The normalized spacial score (nSPS) is 10.1. The Morgan fingerprint density at radius 3 is 2.68 bits per heavy atom. The van der Waals surface area contributed by atoms with E-state index in [0.717, 1.165) is 0 Å². The van der Waals surface area contributed by atoms with Crippen LogP contribution >= 0.6 is 11.6 Å². The maximum Gasteiger partial charge on any atom is 0.250 e. The molecule has 0 saturated carbocycles. The summed E-state index contributed by atoms with van der Waals surface area (Å²) in [5, 5.41) is 2.65. The number of ketones is 1. The number of carbonyl (C=O) groups is 2. The molecule has 0 aromatic heterocycles. The summed E-state index contributed by atoms with van der Waals surface area (Å²) in [5.41, 5.74) is 0.943. The molecule has 104 valence electrons. The number of hydrogen-bond donors (Lipinski definition) is 1. The van der Waals surface area contributed by atoms with Crippen molar-refractivity contribution in [2.24, 2.45) is 0 Å². The highest BCUT2D eigenvalue weighted by Crippen LogP contribution is 2.26.